The van der Waals surface area contributed by atoms with Gasteiger partial charge in [-0.2, -0.15) is 5.10 Å². The lowest BCUT2D eigenvalue weighted by molar-refractivity contribution is 0.715. The number of aromatic nitrogens is 2. The highest BCUT2D eigenvalue weighted by atomic mass is 15.5. The lowest BCUT2D eigenvalue weighted by atomic mass is 10.0. The van der Waals surface area contributed by atoms with E-state index in [0.29, 0.717) is 5.95 Å². The number of hydrogen-bond donors (Lipinski definition) is 0. The van der Waals surface area contributed by atoms with Crippen LogP contribution >= 0.6 is 0 Å². The Balaban J connectivity index is 1.90. The van der Waals surface area contributed by atoms with Crippen molar-refractivity contribution in [1.29, 1.82) is 0 Å². The Kier molecular flexibility index (Phi) is 4.18. The van der Waals surface area contributed by atoms with E-state index < -0.39 is 0 Å². The van der Waals surface area contributed by atoms with Crippen LogP contribution in [0.4, 0.5) is 5.95 Å². The van der Waals surface area contributed by atoms with E-state index in [0.717, 1.165) is 42.9 Å². The number of aryl methyl sites for hydroxylation is 3. The highest BCUT2D eigenvalue weighted by Gasteiger charge is 2.17. The molecule has 3 rings (SSSR count). The van der Waals surface area contributed by atoms with E-state index in [1.807, 2.05) is 24.9 Å². The number of hydrazone groups is 1. The number of hydrogen-bond acceptors (Lipinski definition) is 4. The Labute approximate surface area is 131 Å². The van der Waals surface area contributed by atoms with Gasteiger partial charge in [0.15, 0.2) is 0 Å². The average molecular weight is 294 g/mol. The molecular formula is C18H22N4. The van der Waals surface area contributed by atoms with Gasteiger partial charge in [0.2, 0.25) is 5.95 Å². The van der Waals surface area contributed by atoms with Gasteiger partial charge in [0.25, 0.3) is 0 Å². The van der Waals surface area contributed by atoms with Crippen LogP contribution in [0.1, 0.15) is 42.3 Å². The Morgan fingerprint density at radius 1 is 1.05 bits per heavy atom. The van der Waals surface area contributed by atoms with Crippen molar-refractivity contribution in [3.05, 3.63) is 52.8 Å². The fourth-order valence-electron chi connectivity index (χ4n) is 2.74. The molecule has 0 amide bonds. The highest BCUT2D eigenvalue weighted by Crippen LogP contribution is 2.19. The first-order valence-corrected chi connectivity index (χ1v) is 7.92. The number of rotatable bonds is 3. The molecule has 0 aliphatic carbocycles. The van der Waals surface area contributed by atoms with Crippen LogP contribution in [0.3, 0.4) is 0 Å². The Bertz CT molecular complexity index is 668. The second-order valence-electron chi connectivity index (χ2n) is 5.77. The third-order valence-corrected chi connectivity index (χ3v) is 3.92. The van der Waals surface area contributed by atoms with E-state index in [1.165, 1.54) is 11.1 Å². The molecule has 0 unspecified atom stereocenters. The van der Waals surface area contributed by atoms with Crippen LogP contribution in [-0.4, -0.2) is 22.2 Å². The first-order chi connectivity index (χ1) is 10.7. The maximum atomic E-state index is 4.78. The zero-order chi connectivity index (χ0) is 15.5. The summed E-state index contributed by atoms with van der Waals surface area (Å²) < 4.78 is 0. The van der Waals surface area contributed by atoms with Crippen LogP contribution < -0.4 is 5.01 Å². The summed E-state index contributed by atoms with van der Waals surface area (Å²) in [6, 6.07) is 10.7. The first kappa shape index (κ1) is 14.7. The molecule has 0 saturated heterocycles. The van der Waals surface area contributed by atoms with Crippen molar-refractivity contribution in [3.63, 3.8) is 0 Å². The molecule has 1 aromatic heterocycles. The average Bonchev–Trinajstić information content (AvgIpc) is 2.54. The van der Waals surface area contributed by atoms with Gasteiger partial charge in [-0.3, -0.25) is 0 Å². The zero-order valence-corrected chi connectivity index (χ0v) is 13.5. The van der Waals surface area contributed by atoms with E-state index in [4.69, 9.17) is 5.10 Å². The Hall–Kier alpha value is -2.23. The number of anilines is 1. The second-order valence-corrected chi connectivity index (χ2v) is 5.77. The molecule has 22 heavy (non-hydrogen) atoms. The van der Waals surface area contributed by atoms with Gasteiger partial charge in [-0.25, -0.2) is 15.0 Å². The van der Waals surface area contributed by atoms with Gasteiger partial charge >= 0.3 is 0 Å². The molecule has 0 spiro atoms. The fourth-order valence-corrected chi connectivity index (χ4v) is 2.74. The molecule has 0 radical (unpaired) electrons. The van der Waals surface area contributed by atoms with Crippen molar-refractivity contribution in [2.45, 2.75) is 40.0 Å². The molecule has 2 heterocycles. The Morgan fingerprint density at radius 3 is 2.36 bits per heavy atom. The van der Waals surface area contributed by atoms with Gasteiger partial charge in [-0.1, -0.05) is 31.2 Å². The largest absolute Gasteiger partial charge is 0.246 e. The standard InChI is InChI=1S/C18H22N4/c1-4-15-7-9-16(10-8-15)17-6-5-11-22(21-17)18-19-13(2)12-14(3)20-18/h7-10,12H,4-6,11H2,1-3H3. The first-order valence-electron chi connectivity index (χ1n) is 7.92. The van der Waals surface area contributed by atoms with Crippen LogP contribution in [0.15, 0.2) is 35.4 Å². The van der Waals surface area contributed by atoms with Gasteiger partial charge in [0.05, 0.1) is 5.71 Å². The summed E-state index contributed by atoms with van der Waals surface area (Å²) in [5.41, 5.74) is 5.65. The maximum Gasteiger partial charge on any atom is 0.246 e. The molecule has 0 bridgehead atoms. The molecular weight excluding hydrogens is 272 g/mol. The van der Waals surface area contributed by atoms with Crippen LogP contribution in [0, 0.1) is 13.8 Å². The minimum absolute atomic E-state index is 0.708. The smallest absolute Gasteiger partial charge is 0.231 e. The summed E-state index contributed by atoms with van der Waals surface area (Å²) in [4.78, 5) is 9.04. The van der Waals surface area contributed by atoms with Gasteiger partial charge < -0.3 is 0 Å². The van der Waals surface area contributed by atoms with Crippen molar-refractivity contribution in [2.24, 2.45) is 5.10 Å². The van der Waals surface area contributed by atoms with Crippen LogP contribution in [-0.2, 0) is 6.42 Å². The predicted octanol–water partition coefficient (Wildman–Crippen LogP) is 3.66. The molecule has 0 N–H and O–H groups in total. The van der Waals surface area contributed by atoms with Crippen molar-refractivity contribution < 1.29 is 0 Å². The molecule has 1 aromatic carbocycles. The molecule has 1 aliphatic rings. The summed E-state index contributed by atoms with van der Waals surface area (Å²) in [6.45, 7) is 7.04. The summed E-state index contributed by atoms with van der Waals surface area (Å²) in [5, 5.41) is 6.72. The Morgan fingerprint density at radius 2 is 1.73 bits per heavy atom. The molecule has 2 aromatic rings. The monoisotopic (exact) mass is 294 g/mol. The topological polar surface area (TPSA) is 41.4 Å². The minimum Gasteiger partial charge on any atom is -0.231 e. The van der Waals surface area contributed by atoms with Crippen LogP contribution in [0.25, 0.3) is 0 Å². The number of nitrogens with zero attached hydrogens (tertiary/aromatic N) is 4. The summed E-state index contributed by atoms with van der Waals surface area (Å²) >= 11 is 0. The molecule has 0 fully saturated rings. The van der Waals surface area contributed by atoms with Crippen molar-refractivity contribution >= 4 is 11.7 Å². The summed E-state index contributed by atoms with van der Waals surface area (Å²) in [6.07, 6.45) is 3.15. The second kappa shape index (κ2) is 6.26. The quantitative estimate of drug-likeness (QED) is 0.867. The molecule has 114 valence electrons. The van der Waals surface area contributed by atoms with E-state index >= 15 is 0 Å². The van der Waals surface area contributed by atoms with Crippen molar-refractivity contribution in [1.82, 2.24) is 9.97 Å². The maximum absolute atomic E-state index is 4.78. The predicted molar refractivity (Wildman–Crippen MR) is 90.4 cm³/mol. The zero-order valence-electron chi connectivity index (χ0n) is 13.5. The third-order valence-electron chi connectivity index (χ3n) is 3.92. The van der Waals surface area contributed by atoms with Gasteiger partial charge in [0, 0.05) is 17.9 Å². The van der Waals surface area contributed by atoms with Gasteiger partial charge in [-0.05, 0) is 50.3 Å². The van der Waals surface area contributed by atoms with E-state index in [9.17, 15) is 0 Å². The summed E-state index contributed by atoms with van der Waals surface area (Å²) in [5.74, 6) is 0.708. The third kappa shape index (κ3) is 3.16. The fraction of sp³-hybridized carbons (Fsp3) is 0.389. The molecule has 4 heteroatoms. The lowest BCUT2D eigenvalue weighted by Crippen LogP contribution is -2.28. The van der Waals surface area contributed by atoms with Gasteiger partial charge in [0.1, 0.15) is 0 Å². The van der Waals surface area contributed by atoms with Crippen molar-refractivity contribution in [2.75, 3.05) is 11.6 Å². The molecule has 0 saturated carbocycles. The van der Waals surface area contributed by atoms with E-state index in [2.05, 4.69) is 41.2 Å². The highest BCUT2D eigenvalue weighted by molar-refractivity contribution is 6.01. The summed E-state index contributed by atoms with van der Waals surface area (Å²) in [7, 11) is 0. The SMILES string of the molecule is CCc1ccc(C2=NN(c3nc(C)cc(C)n3)CCC2)cc1. The van der Waals surface area contributed by atoms with Crippen LogP contribution in [0.5, 0.6) is 0 Å². The van der Waals surface area contributed by atoms with E-state index in [1.54, 1.807) is 0 Å². The minimum atomic E-state index is 0.708. The normalized spacial score (nSPS) is 14.9. The van der Waals surface area contributed by atoms with Crippen molar-refractivity contribution in [3.8, 4) is 0 Å². The number of benzene rings is 1. The molecule has 1 aliphatic heterocycles. The van der Waals surface area contributed by atoms with Gasteiger partial charge in [-0.15, -0.1) is 0 Å². The van der Waals surface area contributed by atoms with E-state index in [-0.39, 0.29) is 0 Å². The molecule has 4 nitrogen and oxygen atoms in total. The lowest BCUT2D eigenvalue weighted by Gasteiger charge is -2.24. The van der Waals surface area contributed by atoms with Crippen LogP contribution in [0.2, 0.25) is 0 Å². The molecule has 0 atom stereocenters.